The highest BCUT2D eigenvalue weighted by Gasteiger charge is 2.30. The fraction of sp³-hybridized carbons (Fsp3) is 0.133. The molecular formula is C15H15F3N2O3. The Morgan fingerprint density at radius 2 is 1.65 bits per heavy atom. The highest BCUT2D eigenvalue weighted by molar-refractivity contribution is 5.70. The highest BCUT2D eigenvalue weighted by Crippen LogP contribution is 2.22. The van der Waals surface area contributed by atoms with Crippen LogP contribution in [0, 0.1) is 0 Å². The van der Waals surface area contributed by atoms with E-state index in [0.717, 1.165) is 17.7 Å². The average Bonchev–Trinajstić information content (AvgIpc) is 2.40. The van der Waals surface area contributed by atoms with Crippen molar-refractivity contribution < 1.29 is 27.8 Å². The Kier molecular flexibility index (Phi) is 6.25. The normalized spacial score (nSPS) is 10.4. The molecule has 2 rings (SSSR count). The van der Waals surface area contributed by atoms with Crippen LogP contribution in [0.25, 0.3) is 0 Å². The van der Waals surface area contributed by atoms with Crippen LogP contribution in [-0.4, -0.2) is 17.4 Å². The number of nitrogen functional groups attached to an aromatic ring is 2. The molecule has 23 heavy (non-hydrogen) atoms. The molecule has 0 aliphatic rings. The third kappa shape index (κ3) is 8.20. The molecule has 0 unspecified atom stereocenters. The van der Waals surface area contributed by atoms with E-state index in [1.165, 1.54) is 12.1 Å². The number of alkyl halides is 3. The van der Waals surface area contributed by atoms with Crippen molar-refractivity contribution >= 4 is 17.3 Å². The third-order valence-electron chi connectivity index (χ3n) is 2.42. The van der Waals surface area contributed by atoms with Gasteiger partial charge in [-0.05, 0) is 42.0 Å². The molecule has 0 saturated carbocycles. The van der Waals surface area contributed by atoms with Crippen LogP contribution in [-0.2, 0) is 11.2 Å². The molecule has 0 aromatic heterocycles. The van der Waals surface area contributed by atoms with Crippen molar-refractivity contribution in [3.8, 4) is 5.75 Å². The topological polar surface area (TPSA) is 98.6 Å². The lowest BCUT2D eigenvalue weighted by molar-refractivity contribution is -0.274. The minimum atomic E-state index is -4.64. The summed E-state index contributed by atoms with van der Waals surface area (Å²) in [5.74, 6) is -1.10. The number of hydrogen-bond acceptors (Lipinski definition) is 4. The van der Waals surface area contributed by atoms with Crippen molar-refractivity contribution in [3.05, 3.63) is 54.1 Å². The second-order valence-electron chi connectivity index (χ2n) is 4.43. The van der Waals surface area contributed by atoms with Crippen LogP contribution < -0.4 is 16.2 Å². The van der Waals surface area contributed by atoms with Crippen molar-refractivity contribution in [1.29, 1.82) is 0 Å². The van der Waals surface area contributed by atoms with Crippen molar-refractivity contribution in [2.45, 2.75) is 12.8 Å². The molecule has 124 valence electrons. The molecule has 0 fully saturated rings. The van der Waals surface area contributed by atoms with Crippen LogP contribution in [0.4, 0.5) is 24.5 Å². The fourth-order valence-corrected chi connectivity index (χ4v) is 1.55. The first-order chi connectivity index (χ1) is 10.7. The number of carboxylic acid groups (broad SMARTS) is 1. The van der Waals surface area contributed by atoms with E-state index in [1.54, 1.807) is 24.3 Å². The van der Waals surface area contributed by atoms with Gasteiger partial charge >= 0.3 is 12.3 Å². The van der Waals surface area contributed by atoms with Crippen molar-refractivity contribution in [1.82, 2.24) is 0 Å². The van der Waals surface area contributed by atoms with E-state index in [1.807, 2.05) is 0 Å². The zero-order valence-electron chi connectivity index (χ0n) is 11.9. The maximum absolute atomic E-state index is 11.6. The lowest BCUT2D eigenvalue weighted by Gasteiger charge is -2.07. The number of hydrogen-bond donors (Lipinski definition) is 3. The second-order valence-corrected chi connectivity index (χ2v) is 4.43. The number of benzene rings is 2. The average molecular weight is 328 g/mol. The molecule has 0 aliphatic carbocycles. The number of carbonyl (C=O) groups is 1. The maximum Gasteiger partial charge on any atom is 0.573 e. The first kappa shape index (κ1) is 18.1. The van der Waals surface area contributed by atoms with Gasteiger partial charge < -0.3 is 21.3 Å². The highest BCUT2D eigenvalue weighted by atomic mass is 19.4. The summed E-state index contributed by atoms with van der Waals surface area (Å²) in [4.78, 5) is 10.2. The molecule has 0 heterocycles. The summed E-state index contributed by atoms with van der Waals surface area (Å²) in [6, 6.07) is 11.9. The molecule has 8 heteroatoms. The summed E-state index contributed by atoms with van der Waals surface area (Å²) in [5.41, 5.74) is 12.4. The second kappa shape index (κ2) is 7.92. The van der Waals surface area contributed by atoms with Gasteiger partial charge in [0.15, 0.2) is 0 Å². The quantitative estimate of drug-likeness (QED) is 0.752. The van der Waals surface area contributed by atoms with Crippen LogP contribution in [0.3, 0.4) is 0 Å². The van der Waals surface area contributed by atoms with E-state index < -0.39 is 12.3 Å². The number of carboxylic acids is 1. The number of halogens is 3. The van der Waals surface area contributed by atoms with Gasteiger partial charge in [0.25, 0.3) is 0 Å². The first-order valence-electron chi connectivity index (χ1n) is 6.33. The summed E-state index contributed by atoms with van der Waals surface area (Å²) in [7, 11) is 0. The maximum atomic E-state index is 11.6. The van der Waals surface area contributed by atoms with E-state index in [-0.39, 0.29) is 12.2 Å². The Morgan fingerprint density at radius 3 is 2.13 bits per heavy atom. The molecule has 0 radical (unpaired) electrons. The Morgan fingerprint density at radius 1 is 1.04 bits per heavy atom. The molecule has 0 saturated heterocycles. The summed E-state index contributed by atoms with van der Waals surface area (Å²) >= 11 is 0. The van der Waals surface area contributed by atoms with Gasteiger partial charge in [0.2, 0.25) is 0 Å². The minimum absolute atomic E-state index is 0.0328. The molecule has 0 amide bonds. The molecule has 0 bridgehead atoms. The lowest BCUT2D eigenvalue weighted by Crippen LogP contribution is -2.16. The predicted molar refractivity (Wildman–Crippen MR) is 79.7 cm³/mol. The summed E-state index contributed by atoms with van der Waals surface area (Å²) in [6.07, 6.45) is -4.61. The molecule has 5 nitrogen and oxygen atoms in total. The van der Waals surface area contributed by atoms with Crippen molar-refractivity contribution in [3.63, 3.8) is 0 Å². The van der Waals surface area contributed by atoms with E-state index >= 15 is 0 Å². The zero-order chi connectivity index (χ0) is 17.5. The number of rotatable bonds is 3. The smallest absolute Gasteiger partial charge is 0.481 e. The van der Waals surface area contributed by atoms with Crippen molar-refractivity contribution in [2.24, 2.45) is 0 Å². The molecule has 0 atom stereocenters. The van der Waals surface area contributed by atoms with Gasteiger partial charge in [0.05, 0.1) is 6.42 Å². The van der Waals surface area contributed by atoms with Gasteiger partial charge in [-0.1, -0.05) is 12.1 Å². The SMILES string of the molecule is Nc1ccc(OC(F)(F)F)cc1.Nc1cccc(CC(=O)O)c1. The largest absolute Gasteiger partial charge is 0.573 e. The van der Waals surface area contributed by atoms with Crippen LogP contribution in [0.2, 0.25) is 0 Å². The monoisotopic (exact) mass is 328 g/mol. The Labute approximate surface area is 130 Å². The van der Waals surface area contributed by atoms with E-state index in [0.29, 0.717) is 11.4 Å². The van der Waals surface area contributed by atoms with E-state index in [4.69, 9.17) is 16.6 Å². The van der Waals surface area contributed by atoms with E-state index in [9.17, 15) is 18.0 Å². The van der Waals surface area contributed by atoms with Crippen LogP contribution >= 0.6 is 0 Å². The summed E-state index contributed by atoms with van der Waals surface area (Å²) < 4.78 is 38.4. The van der Waals surface area contributed by atoms with Crippen molar-refractivity contribution in [2.75, 3.05) is 11.5 Å². The molecule has 5 N–H and O–H groups in total. The van der Waals surface area contributed by atoms with Crippen LogP contribution in [0.1, 0.15) is 5.56 Å². The Hall–Kier alpha value is -2.90. The molecule has 2 aromatic carbocycles. The molecule has 0 spiro atoms. The molecule has 0 aliphatic heterocycles. The fourth-order valence-electron chi connectivity index (χ4n) is 1.55. The third-order valence-corrected chi connectivity index (χ3v) is 2.42. The summed E-state index contributed by atoms with van der Waals surface area (Å²) in [5, 5.41) is 8.42. The Bertz CT molecular complexity index is 643. The van der Waals surface area contributed by atoms with Gasteiger partial charge in [-0.25, -0.2) is 0 Å². The number of aliphatic carboxylic acids is 1. The minimum Gasteiger partial charge on any atom is -0.481 e. The predicted octanol–water partition coefficient (Wildman–Crippen LogP) is 3.06. The number of anilines is 2. The van der Waals surface area contributed by atoms with Gasteiger partial charge in [0.1, 0.15) is 5.75 Å². The zero-order valence-corrected chi connectivity index (χ0v) is 11.9. The standard InChI is InChI=1S/C8H9NO2.C7H6F3NO/c9-7-3-1-2-6(4-7)5-8(10)11;8-7(9,10)12-6-3-1-5(11)2-4-6/h1-4H,5,9H2,(H,10,11);1-4H,11H2. The van der Waals surface area contributed by atoms with E-state index in [2.05, 4.69) is 4.74 Å². The van der Waals surface area contributed by atoms with Gasteiger partial charge in [-0.3, -0.25) is 4.79 Å². The Balaban J connectivity index is 0.000000231. The van der Waals surface area contributed by atoms with Gasteiger partial charge in [-0.15, -0.1) is 13.2 Å². The molecular weight excluding hydrogens is 313 g/mol. The first-order valence-corrected chi connectivity index (χ1v) is 6.33. The van der Waals surface area contributed by atoms with Gasteiger partial charge in [0, 0.05) is 11.4 Å². The summed E-state index contributed by atoms with van der Waals surface area (Å²) in [6.45, 7) is 0. The molecule has 2 aromatic rings. The lowest BCUT2D eigenvalue weighted by atomic mass is 10.1. The van der Waals surface area contributed by atoms with Crippen LogP contribution in [0.5, 0.6) is 5.75 Å². The number of ether oxygens (including phenoxy) is 1. The van der Waals surface area contributed by atoms with Crippen LogP contribution in [0.15, 0.2) is 48.5 Å². The number of nitrogens with two attached hydrogens (primary N) is 2. The van der Waals surface area contributed by atoms with Gasteiger partial charge in [-0.2, -0.15) is 0 Å².